The maximum Gasteiger partial charge on any atom is 0.306 e. The van der Waals surface area contributed by atoms with Crippen molar-refractivity contribution < 1.29 is 42.1 Å². The molecule has 340 valence electrons. The quantitative estimate of drug-likeness (QED) is 0.0196. The van der Waals surface area contributed by atoms with E-state index in [9.17, 15) is 19.0 Å². The van der Waals surface area contributed by atoms with Gasteiger partial charge in [0.05, 0.1) is 27.7 Å². The summed E-state index contributed by atoms with van der Waals surface area (Å²) in [6, 6.07) is 0. The molecule has 2 atom stereocenters. The average molecular weight is 840 g/mol. The first-order valence-electron chi connectivity index (χ1n) is 23.7. The maximum absolute atomic E-state index is 12.7. The predicted octanol–water partition coefficient (Wildman–Crippen LogP) is 13.1. The average Bonchev–Trinajstić information content (AvgIpc) is 3.17. The summed E-state index contributed by atoms with van der Waals surface area (Å²) in [5, 5.41) is 0. The van der Waals surface area contributed by atoms with Crippen molar-refractivity contribution in [2.75, 3.05) is 47.5 Å². The van der Waals surface area contributed by atoms with Gasteiger partial charge < -0.3 is 27.9 Å². The molecule has 0 aromatic rings. The number of nitrogens with zero attached hydrogens (tertiary/aromatic N) is 1. The van der Waals surface area contributed by atoms with Gasteiger partial charge in [-0.25, -0.2) is 0 Å². The Morgan fingerprint density at radius 2 is 0.931 bits per heavy atom. The number of esters is 2. The Morgan fingerprint density at radius 1 is 0.534 bits per heavy atom. The number of carbonyl (C=O) groups excluding carboxylic acids is 2. The lowest BCUT2D eigenvalue weighted by atomic mass is 10.1. The van der Waals surface area contributed by atoms with Crippen molar-refractivity contribution in [2.45, 2.75) is 213 Å². The smallest absolute Gasteiger partial charge is 0.306 e. The number of allylic oxidation sites excluding steroid dienone is 6. The summed E-state index contributed by atoms with van der Waals surface area (Å²) in [5.74, 6) is -0.842. The lowest BCUT2D eigenvalue weighted by molar-refractivity contribution is -0.870. The lowest BCUT2D eigenvalue weighted by Gasteiger charge is -2.28. The van der Waals surface area contributed by atoms with Gasteiger partial charge in [-0.1, -0.05) is 159 Å². The number of likely N-dealkylation sites (N-methyl/N-ethyl adjacent to an activating group) is 1. The summed E-state index contributed by atoms with van der Waals surface area (Å²) < 4.78 is 34.0. The number of hydrogen-bond acceptors (Lipinski definition) is 8. The lowest BCUT2D eigenvalue weighted by Crippen LogP contribution is -2.37. The number of unbranched alkanes of at least 4 members (excludes halogenated alkanes) is 23. The van der Waals surface area contributed by atoms with Crippen molar-refractivity contribution in [1.82, 2.24) is 0 Å². The molecule has 0 saturated carbocycles. The highest BCUT2D eigenvalue weighted by atomic mass is 31.2. The van der Waals surface area contributed by atoms with Crippen LogP contribution in [-0.4, -0.2) is 70.0 Å². The molecule has 0 aromatic heterocycles. The van der Waals surface area contributed by atoms with E-state index in [4.69, 9.17) is 18.5 Å². The van der Waals surface area contributed by atoms with Gasteiger partial charge in [-0.05, 0) is 70.6 Å². The zero-order valence-electron chi connectivity index (χ0n) is 38.2. The van der Waals surface area contributed by atoms with Gasteiger partial charge in [-0.3, -0.25) is 14.2 Å². The Labute approximate surface area is 357 Å². The van der Waals surface area contributed by atoms with Crippen LogP contribution in [0.15, 0.2) is 36.5 Å². The minimum atomic E-state index is -4.63. The van der Waals surface area contributed by atoms with Crippen molar-refractivity contribution in [3.8, 4) is 0 Å². The molecule has 0 rings (SSSR count). The Morgan fingerprint density at radius 3 is 1.41 bits per heavy atom. The van der Waals surface area contributed by atoms with E-state index in [1.165, 1.54) is 122 Å². The molecule has 9 nitrogen and oxygen atoms in total. The molecule has 0 radical (unpaired) electrons. The fraction of sp³-hybridized carbons (Fsp3) is 0.833. The number of rotatable bonds is 43. The second-order valence-electron chi connectivity index (χ2n) is 17.1. The van der Waals surface area contributed by atoms with Gasteiger partial charge in [0, 0.05) is 12.8 Å². The first-order chi connectivity index (χ1) is 28.0. The summed E-state index contributed by atoms with van der Waals surface area (Å²) in [7, 11) is 1.16. The van der Waals surface area contributed by atoms with Crippen LogP contribution in [0.2, 0.25) is 0 Å². The van der Waals surface area contributed by atoms with Gasteiger partial charge in [0.2, 0.25) is 0 Å². The van der Waals surface area contributed by atoms with E-state index in [2.05, 4.69) is 50.3 Å². The van der Waals surface area contributed by atoms with E-state index in [1.54, 1.807) is 0 Å². The van der Waals surface area contributed by atoms with Gasteiger partial charge in [-0.15, -0.1) is 0 Å². The minimum Gasteiger partial charge on any atom is -0.756 e. The van der Waals surface area contributed by atoms with Gasteiger partial charge in [0.25, 0.3) is 7.82 Å². The van der Waals surface area contributed by atoms with Crippen molar-refractivity contribution >= 4 is 19.8 Å². The number of phosphoric ester groups is 1. The predicted molar refractivity (Wildman–Crippen MR) is 241 cm³/mol. The van der Waals surface area contributed by atoms with E-state index in [0.29, 0.717) is 17.4 Å². The van der Waals surface area contributed by atoms with Crippen molar-refractivity contribution in [3.63, 3.8) is 0 Å². The van der Waals surface area contributed by atoms with Crippen LogP contribution in [0, 0.1) is 0 Å². The molecule has 0 N–H and O–H groups in total. The molecular weight excluding hydrogens is 750 g/mol. The molecule has 0 fully saturated rings. The molecule has 1 unspecified atom stereocenters. The Balaban J connectivity index is 4.32. The van der Waals surface area contributed by atoms with E-state index in [1.807, 2.05) is 21.1 Å². The van der Waals surface area contributed by atoms with Crippen LogP contribution in [-0.2, 0) is 32.7 Å². The fourth-order valence-electron chi connectivity index (χ4n) is 6.39. The van der Waals surface area contributed by atoms with Crippen molar-refractivity contribution in [2.24, 2.45) is 0 Å². The summed E-state index contributed by atoms with van der Waals surface area (Å²) in [6.07, 6.45) is 45.9. The molecule has 10 heteroatoms. The second-order valence-corrected chi connectivity index (χ2v) is 18.5. The van der Waals surface area contributed by atoms with Crippen LogP contribution in [0.3, 0.4) is 0 Å². The molecule has 0 heterocycles. The van der Waals surface area contributed by atoms with Gasteiger partial charge >= 0.3 is 11.9 Å². The van der Waals surface area contributed by atoms with Crippen LogP contribution in [0.1, 0.15) is 206 Å². The maximum atomic E-state index is 12.7. The normalized spacial score (nSPS) is 13.8. The van der Waals surface area contributed by atoms with Crippen molar-refractivity contribution in [3.05, 3.63) is 36.5 Å². The monoisotopic (exact) mass is 840 g/mol. The van der Waals surface area contributed by atoms with Crippen LogP contribution in [0.4, 0.5) is 0 Å². The molecule has 0 amide bonds. The van der Waals surface area contributed by atoms with E-state index < -0.39 is 26.5 Å². The van der Waals surface area contributed by atoms with Crippen molar-refractivity contribution in [1.29, 1.82) is 0 Å². The SMILES string of the molecule is CCCCC/C=C/C/C=C/CCCCCCCCCC(=O)O[C@H](COC(=O)CCCCCCCCCCC/C=C/CCCCCC)COP(=O)([O-])OCC[N+](C)(C)C. The molecule has 0 aliphatic carbocycles. The number of ether oxygens (including phenoxy) is 2. The Hall–Kier alpha value is -1.77. The van der Waals surface area contributed by atoms with Gasteiger partial charge in [-0.2, -0.15) is 0 Å². The molecule has 0 aliphatic rings. The number of carbonyl (C=O) groups is 2. The molecule has 0 aromatic carbocycles. The number of phosphoric acid groups is 1. The first kappa shape index (κ1) is 56.2. The highest BCUT2D eigenvalue weighted by Crippen LogP contribution is 2.38. The number of quaternary nitrogens is 1. The van der Waals surface area contributed by atoms with Crippen LogP contribution in [0.5, 0.6) is 0 Å². The summed E-state index contributed by atoms with van der Waals surface area (Å²) >= 11 is 0. The van der Waals surface area contributed by atoms with E-state index >= 15 is 0 Å². The van der Waals surface area contributed by atoms with E-state index in [-0.39, 0.29) is 32.0 Å². The zero-order valence-corrected chi connectivity index (χ0v) is 39.1. The van der Waals surface area contributed by atoms with Gasteiger partial charge in [0.1, 0.15) is 19.8 Å². The number of hydrogen-bond donors (Lipinski definition) is 0. The largest absolute Gasteiger partial charge is 0.756 e. The molecule has 0 aliphatic heterocycles. The van der Waals surface area contributed by atoms with Crippen LogP contribution < -0.4 is 4.89 Å². The molecular formula is C48H90NO8P. The standard InChI is InChI=1S/C48H90NO8P/c1-6-8-10-12-14-16-18-20-22-24-26-28-30-32-34-36-38-40-47(50)54-44-46(45-56-58(52,53)55-43-42-49(3,4)5)57-48(51)41-39-37-35-33-31-29-27-25-23-21-19-17-15-13-11-9-7-2/h15-18,21,23,46H,6-14,19-20,22,24-45H2,1-5H3/b17-15+,18-16+,23-21+/t46-/m1/s1. The summed E-state index contributed by atoms with van der Waals surface area (Å²) in [6.45, 7) is 4.19. The summed E-state index contributed by atoms with van der Waals surface area (Å²) in [4.78, 5) is 37.6. The molecule has 0 saturated heterocycles. The van der Waals surface area contributed by atoms with Crippen LogP contribution >= 0.6 is 7.82 Å². The first-order valence-corrected chi connectivity index (χ1v) is 25.2. The third-order valence-electron chi connectivity index (χ3n) is 10.1. The van der Waals surface area contributed by atoms with E-state index in [0.717, 1.165) is 51.4 Å². The fourth-order valence-corrected chi connectivity index (χ4v) is 7.11. The third kappa shape index (κ3) is 43.8. The highest BCUT2D eigenvalue weighted by Gasteiger charge is 2.21. The Bertz CT molecular complexity index is 1090. The highest BCUT2D eigenvalue weighted by molar-refractivity contribution is 7.45. The van der Waals surface area contributed by atoms with Crippen LogP contribution in [0.25, 0.3) is 0 Å². The molecule has 0 bridgehead atoms. The molecule has 58 heavy (non-hydrogen) atoms. The second kappa shape index (κ2) is 40.6. The van der Waals surface area contributed by atoms with Gasteiger partial charge in [0.15, 0.2) is 6.10 Å². The third-order valence-corrected chi connectivity index (χ3v) is 11.1. The zero-order chi connectivity index (χ0) is 42.8. The summed E-state index contributed by atoms with van der Waals surface area (Å²) in [5.41, 5.74) is 0. The topological polar surface area (TPSA) is 111 Å². The molecule has 0 spiro atoms. The Kier molecular flexibility index (Phi) is 39.4. The minimum absolute atomic E-state index is 0.0327.